The Balaban J connectivity index is 2.80. The van der Waals surface area contributed by atoms with E-state index in [1.54, 1.807) is 32.0 Å². The lowest BCUT2D eigenvalue weighted by Crippen LogP contribution is -2.38. The number of amides is 1. The average Bonchev–Trinajstić information content (AvgIpc) is 2.50. The second-order valence-electron chi connectivity index (χ2n) is 6.44. The van der Waals surface area contributed by atoms with Crippen LogP contribution in [0.25, 0.3) is 0 Å². The van der Waals surface area contributed by atoms with Gasteiger partial charge in [0.05, 0.1) is 19.1 Å². The van der Waals surface area contributed by atoms with Crippen molar-refractivity contribution in [3.63, 3.8) is 0 Å². The lowest BCUT2D eigenvalue weighted by atomic mass is 9.94. The van der Waals surface area contributed by atoms with E-state index in [1.807, 2.05) is 13.8 Å². The zero-order valence-corrected chi connectivity index (χ0v) is 14.3. The summed E-state index contributed by atoms with van der Waals surface area (Å²) in [4.78, 5) is 23.2. The summed E-state index contributed by atoms with van der Waals surface area (Å²) in [5, 5.41) is 11.7. The van der Waals surface area contributed by atoms with Crippen molar-refractivity contribution in [3.8, 4) is 11.5 Å². The third kappa shape index (κ3) is 5.47. The molecule has 0 aliphatic carbocycles. The molecule has 0 spiro atoms. The Bertz CT molecular complexity index is 566. The number of ether oxygens (including phenoxy) is 2. The monoisotopic (exact) mass is 323 g/mol. The van der Waals surface area contributed by atoms with Gasteiger partial charge in [0.1, 0.15) is 0 Å². The van der Waals surface area contributed by atoms with Crippen LogP contribution in [0.2, 0.25) is 0 Å². The zero-order valence-electron chi connectivity index (χ0n) is 14.3. The van der Waals surface area contributed by atoms with Crippen LogP contribution >= 0.6 is 0 Å². The average molecular weight is 323 g/mol. The summed E-state index contributed by atoms with van der Waals surface area (Å²) in [6, 6.07) is 4.89. The van der Waals surface area contributed by atoms with Crippen LogP contribution in [0.5, 0.6) is 11.5 Å². The molecule has 6 nitrogen and oxygen atoms in total. The number of aliphatic carboxylic acids is 1. The summed E-state index contributed by atoms with van der Waals surface area (Å²) in [5.74, 6) is 0.0983. The van der Waals surface area contributed by atoms with Gasteiger partial charge in [-0.3, -0.25) is 9.59 Å². The summed E-state index contributed by atoms with van der Waals surface area (Å²) in [6.07, 6.45) is 0. The molecule has 0 aromatic heterocycles. The van der Waals surface area contributed by atoms with Gasteiger partial charge in [0.2, 0.25) is 0 Å². The Hall–Kier alpha value is -2.24. The first-order valence-electron chi connectivity index (χ1n) is 7.50. The fourth-order valence-corrected chi connectivity index (χ4v) is 1.66. The van der Waals surface area contributed by atoms with Crippen molar-refractivity contribution in [2.45, 2.75) is 27.7 Å². The predicted octanol–water partition coefficient (Wildman–Crippen LogP) is 2.57. The lowest BCUT2D eigenvalue weighted by Gasteiger charge is -2.19. The minimum atomic E-state index is -1.03. The van der Waals surface area contributed by atoms with Crippen molar-refractivity contribution in [1.82, 2.24) is 5.32 Å². The minimum absolute atomic E-state index is 0.0368. The molecule has 0 aliphatic heterocycles. The van der Waals surface area contributed by atoms with Gasteiger partial charge in [0.15, 0.2) is 11.5 Å². The number of hydrogen-bond acceptors (Lipinski definition) is 4. The maximum Gasteiger partial charge on any atom is 0.310 e. The smallest absolute Gasteiger partial charge is 0.310 e. The SMILES string of the molecule is COc1cc(C(=O)NCC(C)(C)C(=O)O)ccc1OCC(C)C. The van der Waals surface area contributed by atoms with Crippen LogP contribution in [0, 0.1) is 11.3 Å². The first kappa shape index (κ1) is 18.8. The molecule has 128 valence electrons. The molecule has 6 heteroatoms. The van der Waals surface area contributed by atoms with E-state index in [0.29, 0.717) is 29.6 Å². The van der Waals surface area contributed by atoms with Crippen molar-refractivity contribution in [2.24, 2.45) is 11.3 Å². The molecular weight excluding hydrogens is 298 g/mol. The molecule has 23 heavy (non-hydrogen) atoms. The van der Waals surface area contributed by atoms with E-state index in [4.69, 9.17) is 14.6 Å². The second kappa shape index (κ2) is 7.85. The van der Waals surface area contributed by atoms with E-state index >= 15 is 0 Å². The van der Waals surface area contributed by atoms with Gasteiger partial charge in [-0.1, -0.05) is 13.8 Å². The first-order chi connectivity index (χ1) is 10.7. The number of nitrogens with one attached hydrogen (secondary N) is 1. The molecule has 0 atom stereocenters. The number of carbonyl (C=O) groups is 2. The van der Waals surface area contributed by atoms with Crippen LogP contribution in [0.1, 0.15) is 38.1 Å². The van der Waals surface area contributed by atoms with Crippen molar-refractivity contribution >= 4 is 11.9 Å². The van der Waals surface area contributed by atoms with E-state index < -0.39 is 11.4 Å². The fraction of sp³-hybridized carbons (Fsp3) is 0.529. The lowest BCUT2D eigenvalue weighted by molar-refractivity contribution is -0.146. The van der Waals surface area contributed by atoms with Crippen LogP contribution in [0.15, 0.2) is 18.2 Å². The summed E-state index contributed by atoms with van der Waals surface area (Å²) in [7, 11) is 1.51. The van der Waals surface area contributed by atoms with Gasteiger partial charge < -0.3 is 19.9 Å². The van der Waals surface area contributed by atoms with E-state index in [-0.39, 0.29) is 12.5 Å². The molecule has 0 heterocycles. The van der Waals surface area contributed by atoms with Gasteiger partial charge in [0, 0.05) is 12.1 Å². The maximum atomic E-state index is 12.2. The van der Waals surface area contributed by atoms with Gasteiger partial charge in [-0.15, -0.1) is 0 Å². The molecular formula is C17H25NO5. The molecule has 1 aromatic rings. The maximum absolute atomic E-state index is 12.2. The molecule has 2 N–H and O–H groups in total. The van der Waals surface area contributed by atoms with E-state index in [1.165, 1.54) is 7.11 Å². The normalized spacial score (nSPS) is 11.2. The van der Waals surface area contributed by atoms with Crippen LogP contribution in [-0.4, -0.2) is 37.2 Å². The van der Waals surface area contributed by atoms with Crippen molar-refractivity contribution < 1.29 is 24.2 Å². The predicted molar refractivity (Wildman–Crippen MR) is 87.1 cm³/mol. The number of carbonyl (C=O) groups excluding carboxylic acids is 1. The van der Waals surface area contributed by atoms with Crippen molar-refractivity contribution in [2.75, 3.05) is 20.3 Å². The Morgan fingerprint density at radius 1 is 1.26 bits per heavy atom. The number of rotatable bonds is 8. The molecule has 1 amide bonds. The quantitative estimate of drug-likeness (QED) is 0.768. The third-order valence-electron chi connectivity index (χ3n) is 3.27. The van der Waals surface area contributed by atoms with Crippen molar-refractivity contribution in [3.05, 3.63) is 23.8 Å². The van der Waals surface area contributed by atoms with Crippen LogP contribution in [-0.2, 0) is 4.79 Å². The Kier molecular flexibility index (Phi) is 6.42. The number of benzene rings is 1. The molecule has 0 bridgehead atoms. The van der Waals surface area contributed by atoms with Crippen LogP contribution < -0.4 is 14.8 Å². The number of methoxy groups -OCH3 is 1. The number of hydrogen-bond donors (Lipinski definition) is 2. The van der Waals surface area contributed by atoms with Crippen LogP contribution in [0.4, 0.5) is 0 Å². The summed E-state index contributed by atoms with van der Waals surface area (Å²) < 4.78 is 10.9. The topological polar surface area (TPSA) is 84.9 Å². The molecule has 0 fully saturated rings. The van der Waals surface area contributed by atoms with E-state index in [0.717, 1.165) is 0 Å². The molecule has 0 unspecified atom stereocenters. The first-order valence-corrected chi connectivity index (χ1v) is 7.50. The van der Waals surface area contributed by atoms with Gasteiger partial charge in [-0.05, 0) is 38.0 Å². The largest absolute Gasteiger partial charge is 0.493 e. The number of carboxylic acids is 1. The highest BCUT2D eigenvalue weighted by Gasteiger charge is 2.27. The molecule has 0 aliphatic rings. The Labute approximate surface area is 136 Å². The molecule has 0 saturated heterocycles. The third-order valence-corrected chi connectivity index (χ3v) is 3.27. The summed E-state index contributed by atoms with van der Waals surface area (Å²) in [6.45, 7) is 7.78. The van der Waals surface area contributed by atoms with Gasteiger partial charge in [-0.25, -0.2) is 0 Å². The summed E-state index contributed by atoms with van der Waals surface area (Å²) >= 11 is 0. The second-order valence-corrected chi connectivity index (χ2v) is 6.44. The van der Waals surface area contributed by atoms with Crippen LogP contribution in [0.3, 0.4) is 0 Å². The Morgan fingerprint density at radius 2 is 1.91 bits per heavy atom. The van der Waals surface area contributed by atoms with Gasteiger partial charge in [0.25, 0.3) is 5.91 Å². The highest BCUT2D eigenvalue weighted by atomic mass is 16.5. The molecule has 0 radical (unpaired) electrons. The minimum Gasteiger partial charge on any atom is -0.493 e. The van der Waals surface area contributed by atoms with Gasteiger partial charge in [-0.2, -0.15) is 0 Å². The molecule has 1 aromatic carbocycles. The van der Waals surface area contributed by atoms with E-state index in [9.17, 15) is 9.59 Å². The standard InChI is InChI=1S/C17H25NO5/c1-11(2)9-23-13-7-6-12(8-14(13)22-5)15(19)18-10-17(3,4)16(20)21/h6-8,11H,9-10H2,1-5H3,(H,18,19)(H,20,21). The Morgan fingerprint density at radius 3 is 2.43 bits per heavy atom. The highest BCUT2D eigenvalue weighted by molar-refractivity contribution is 5.95. The van der Waals surface area contributed by atoms with Gasteiger partial charge >= 0.3 is 5.97 Å². The van der Waals surface area contributed by atoms with Crippen molar-refractivity contribution in [1.29, 1.82) is 0 Å². The van der Waals surface area contributed by atoms with E-state index in [2.05, 4.69) is 5.32 Å². The zero-order chi connectivity index (χ0) is 17.6. The molecule has 0 saturated carbocycles. The number of carboxylic acid groups (broad SMARTS) is 1. The fourth-order valence-electron chi connectivity index (χ4n) is 1.66. The summed E-state index contributed by atoms with van der Waals surface area (Å²) in [5.41, 5.74) is -0.639. The molecule has 1 rings (SSSR count). The highest BCUT2D eigenvalue weighted by Crippen LogP contribution is 2.28.